The zero-order chi connectivity index (χ0) is 11.8. The van der Waals surface area contributed by atoms with Crippen LogP contribution in [0.4, 0.5) is 0 Å². The first-order valence-corrected chi connectivity index (χ1v) is 6.58. The molecule has 1 N–H and O–H groups in total. The largest absolute Gasteiger partial charge is 0.477 e. The predicted molar refractivity (Wildman–Crippen MR) is 64.6 cm³/mol. The predicted octanol–water partition coefficient (Wildman–Crippen LogP) is 1.65. The van der Waals surface area contributed by atoms with Gasteiger partial charge in [0, 0.05) is 11.7 Å². The smallest absolute Gasteiger partial charge is 0.352 e. The molecule has 5 nitrogen and oxygen atoms in total. The summed E-state index contributed by atoms with van der Waals surface area (Å²) < 4.78 is 1.67. The molecule has 0 spiro atoms. The molecule has 1 saturated heterocycles. The molecule has 0 bridgehead atoms. The molecule has 1 atom stereocenters. The lowest BCUT2D eigenvalue weighted by atomic mass is 10.1. The molecule has 2 aromatic rings. The van der Waals surface area contributed by atoms with Gasteiger partial charge in [0.25, 0.3) is 0 Å². The van der Waals surface area contributed by atoms with E-state index in [1.54, 1.807) is 22.6 Å². The Hall–Kier alpha value is -1.56. The van der Waals surface area contributed by atoms with E-state index in [-0.39, 0.29) is 5.69 Å². The molecule has 1 aliphatic heterocycles. The van der Waals surface area contributed by atoms with E-state index in [4.69, 9.17) is 0 Å². The minimum absolute atomic E-state index is 0.236. The third-order valence-electron chi connectivity index (χ3n) is 2.97. The minimum Gasteiger partial charge on any atom is -0.477 e. The van der Waals surface area contributed by atoms with Crippen LogP contribution in [0.2, 0.25) is 0 Å². The van der Waals surface area contributed by atoms with Gasteiger partial charge in [0.2, 0.25) is 0 Å². The lowest BCUT2D eigenvalue weighted by molar-refractivity contribution is 0.0688. The van der Waals surface area contributed by atoms with Crippen LogP contribution in [0.3, 0.4) is 0 Å². The van der Waals surface area contributed by atoms with Crippen molar-refractivity contribution in [3.05, 3.63) is 29.7 Å². The van der Waals surface area contributed by atoms with E-state index >= 15 is 0 Å². The highest BCUT2D eigenvalue weighted by Crippen LogP contribution is 2.31. The maximum absolute atomic E-state index is 11.2. The monoisotopic (exact) mass is 249 g/mol. The number of nitrogens with zero attached hydrogens (tertiary/aromatic N) is 3. The number of rotatable bonds is 2. The fourth-order valence-corrected chi connectivity index (χ4v) is 3.35. The number of hydrogen-bond acceptors (Lipinski definition) is 4. The number of hydrogen-bond donors (Lipinski definition) is 1. The van der Waals surface area contributed by atoms with Crippen LogP contribution in [0.1, 0.15) is 28.7 Å². The Morgan fingerprint density at radius 2 is 2.35 bits per heavy atom. The number of carboxylic acid groups (broad SMARTS) is 1. The van der Waals surface area contributed by atoms with Crippen LogP contribution in [0, 0.1) is 0 Å². The molecular formula is C11H11N3O2S. The number of aromatic carboxylic acids is 1. The molecule has 2 aromatic heterocycles. The SMILES string of the molecule is O=C(O)c1cccc2nnc(C3CCSC3)n12. The van der Waals surface area contributed by atoms with Crippen LogP contribution in [0.25, 0.3) is 5.65 Å². The molecule has 0 aliphatic carbocycles. The van der Waals surface area contributed by atoms with Gasteiger partial charge in [0.05, 0.1) is 0 Å². The van der Waals surface area contributed by atoms with Crippen molar-refractivity contribution in [3.63, 3.8) is 0 Å². The second-order valence-corrected chi connectivity index (χ2v) is 5.18. The van der Waals surface area contributed by atoms with E-state index in [2.05, 4.69) is 10.2 Å². The summed E-state index contributed by atoms with van der Waals surface area (Å²) in [7, 11) is 0. The molecular weight excluding hydrogens is 238 g/mol. The van der Waals surface area contributed by atoms with Crippen LogP contribution in [0.15, 0.2) is 18.2 Å². The molecule has 0 radical (unpaired) electrons. The molecule has 0 aromatic carbocycles. The van der Waals surface area contributed by atoms with Gasteiger partial charge in [-0.15, -0.1) is 10.2 Å². The number of thioether (sulfide) groups is 1. The van der Waals surface area contributed by atoms with E-state index < -0.39 is 5.97 Å². The average molecular weight is 249 g/mol. The molecule has 1 aliphatic rings. The van der Waals surface area contributed by atoms with E-state index in [9.17, 15) is 9.90 Å². The fraction of sp³-hybridized carbons (Fsp3) is 0.364. The summed E-state index contributed by atoms with van der Waals surface area (Å²) in [6.45, 7) is 0. The molecule has 1 fully saturated rings. The number of pyridine rings is 1. The summed E-state index contributed by atoms with van der Waals surface area (Å²) in [5.74, 6) is 2.25. The summed E-state index contributed by atoms with van der Waals surface area (Å²) in [6.07, 6.45) is 1.04. The van der Waals surface area contributed by atoms with E-state index in [1.165, 1.54) is 0 Å². The van der Waals surface area contributed by atoms with Crippen LogP contribution in [0.5, 0.6) is 0 Å². The summed E-state index contributed by atoms with van der Waals surface area (Å²) in [6, 6.07) is 5.07. The molecule has 0 saturated carbocycles. The molecule has 88 valence electrons. The second kappa shape index (κ2) is 4.03. The van der Waals surface area contributed by atoms with Crippen molar-refractivity contribution in [2.75, 3.05) is 11.5 Å². The third kappa shape index (κ3) is 1.68. The minimum atomic E-state index is -0.942. The number of aromatic nitrogens is 3. The Morgan fingerprint density at radius 1 is 1.47 bits per heavy atom. The Balaban J connectivity index is 2.21. The zero-order valence-corrected chi connectivity index (χ0v) is 9.85. The molecule has 1 unspecified atom stereocenters. The maximum atomic E-state index is 11.2. The highest BCUT2D eigenvalue weighted by molar-refractivity contribution is 7.99. The Morgan fingerprint density at radius 3 is 3.06 bits per heavy atom. The van der Waals surface area contributed by atoms with Gasteiger partial charge in [0.1, 0.15) is 11.5 Å². The van der Waals surface area contributed by atoms with Gasteiger partial charge in [-0.1, -0.05) is 6.07 Å². The van der Waals surface area contributed by atoms with Crippen molar-refractivity contribution in [3.8, 4) is 0 Å². The van der Waals surface area contributed by atoms with Gasteiger partial charge in [-0.2, -0.15) is 11.8 Å². The second-order valence-electron chi connectivity index (χ2n) is 4.03. The molecule has 3 heterocycles. The summed E-state index contributed by atoms with van der Waals surface area (Å²) >= 11 is 1.87. The maximum Gasteiger partial charge on any atom is 0.352 e. The Bertz CT molecular complexity index is 575. The summed E-state index contributed by atoms with van der Waals surface area (Å²) in [5.41, 5.74) is 0.844. The van der Waals surface area contributed by atoms with Crippen LogP contribution in [-0.2, 0) is 0 Å². The number of fused-ring (bicyclic) bond motifs is 1. The van der Waals surface area contributed by atoms with E-state index in [0.717, 1.165) is 23.8 Å². The zero-order valence-electron chi connectivity index (χ0n) is 9.04. The Kier molecular flexibility index (Phi) is 2.51. The van der Waals surface area contributed by atoms with Crippen LogP contribution >= 0.6 is 11.8 Å². The van der Waals surface area contributed by atoms with Gasteiger partial charge in [-0.3, -0.25) is 4.40 Å². The average Bonchev–Trinajstić information content (AvgIpc) is 2.96. The van der Waals surface area contributed by atoms with Crippen molar-refractivity contribution in [2.45, 2.75) is 12.3 Å². The van der Waals surface area contributed by atoms with Gasteiger partial charge in [-0.05, 0) is 24.3 Å². The quantitative estimate of drug-likeness (QED) is 0.876. The first-order valence-electron chi connectivity index (χ1n) is 5.42. The van der Waals surface area contributed by atoms with Gasteiger partial charge < -0.3 is 5.11 Å². The van der Waals surface area contributed by atoms with E-state index in [0.29, 0.717) is 11.6 Å². The van der Waals surface area contributed by atoms with Gasteiger partial charge in [0.15, 0.2) is 5.65 Å². The Labute approximate surface area is 102 Å². The van der Waals surface area contributed by atoms with Gasteiger partial charge >= 0.3 is 5.97 Å². The topological polar surface area (TPSA) is 67.5 Å². The first kappa shape index (κ1) is 10.6. The molecule has 3 rings (SSSR count). The lowest BCUT2D eigenvalue weighted by Gasteiger charge is -2.08. The first-order chi connectivity index (χ1) is 8.27. The lowest BCUT2D eigenvalue weighted by Crippen LogP contribution is -2.10. The fourth-order valence-electron chi connectivity index (χ4n) is 2.13. The number of carbonyl (C=O) groups is 1. The van der Waals surface area contributed by atoms with Crippen LogP contribution in [-0.4, -0.2) is 37.2 Å². The third-order valence-corrected chi connectivity index (χ3v) is 4.13. The normalized spacial score (nSPS) is 19.9. The molecule has 6 heteroatoms. The van der Waals surface area contributed by atoms with Crippen molar-refractivity contribution >= 4 is 23.4 Å². The molecule has 17 heavy (non-hydrogen) atoms. The van der Waals surface area contributed by atoms with Gasteiger partial charge in [-0.25, -0.2) is 4.79 Å². The van der Waals surface area contributed by atoms with Crippen molar-refractivity contribution in [1.82, 2.24) is 14.6 Å². The van der Waals surface area contributed by atoms with Crippen LogP contribution < -0.4 is 0 Å². The van der Waals surface area contributed by atoms with E-state index in [1.807, 2.05) is 11.8 Å². The highest BCUT2D eigenvalue weighted by Gasteiger charge is 2.24. The van der Waals surface area contributed by atoms with Crippen molar-refractivity contribution in [2.24, 2.45) is 0 Å². The number of carboxylic acids is 1. The van der Waals surface area contributed by atoms with Crippen molar-refractivity contribution < 1.29 is 9.90 Å². The summed E-state index contributed by atoms with van der Waals surface area (Å²) in [4.78, 5) is 11.2. The highest BCUT2D eigenvalue weighted by atomic mass is 32.2. The molecule has 0 amide bonds. The summed E-state index contributed by atoms with van der Waals surface area (Å²) in [5, 5.41) is 17.4. The van der Waals surface area contributed by atoms with Crippen molar-refractivity contribution in [1.29, 1.82) is 0 Å². The standard InChI is InChI=1S/C11H11N3O2S/c15-11(16)8-2-1-3-9-12-13-10(14(8)9)7-4-5-17-6-7/h1-3,7H,4-6H2,(H,15,16).